The zero-order chi connectivity index (χ0) is 18.3. The number of Topliss-reactive ketones (excluding diaryl/α,β-unsaturated/α-hetero) is 1. The molecule has 1 aromatic carbocycles. The molecule has 1 aliphatic heterocycles. The Labute approximate surface area is 148 Å². The summed E-state index contributed by atoms with van der Waals surface area (Å²) in [6.45, 7) is 3.41. The zero-order valence-corrected chi connectivity index (χ0v) is 15.3. The fraction of sp³-hybridized carbons (Fsp3) is 0.471. The van der Waals surface area contributed by atoms with Gasteiger partial charge in [-0.3, -0.25) is 4.79 Å². The van der Waals surface area contributed by atoms with Crippen molar-refractivity contribution in [3.63, 3.8) is 0 Å². The second-order valence-electron chi connectivity index (χ2n) is 5.67. The van der Waals surface area contributed by atoms with E-state index >= 15 is 0 Å². The lowest BCUT2D eigenvalue weighted by Crippen LogP contribution is -2.27. The molecule has 0 spiro atoms. The summed E-state index contributed by atoms with van der Waals surface area (Å²) < 4.78 is 25.6. The number of nitrogens with zero attached hydrogens (tertiary/aromatic N) is 1. The Morgan fingerprint density at radius 2 is 2.16 bits per heavy atom. The largest absolute Gasteiger partial charge is 0.389 e. The Hall–Kier alpha value is -1.74. The van der Waals surface area contributed by atoms with Gasteiger partial charge in [0.2, 0.25) is 0 Å². The van der Waals surface area contributed by atoms with E-state index in [1.54, 1.807) is 31.4 Å². The summed E-state index contributed by atoms with van der Waals surface area (Å²) in [5.74, 6) is 3.53. The topological polar surface area (TPSA) is 86.2 Å². The monoisotopic (exact) mass is 368 g/mol. The fourth-order valence-corrected chi connectivity index (χ4v) is 3.42. The Balaban J connectivity index is 2.12. The van der Waals surface area contributed by atoms with Crippen LogP contribution < -0.4 is 4.72 Å². The van der Waals surface area contributed by atoms with Gasteiger partial charge in [0.1, 0.15) is 0 Å². The highest BCUT2D eigenvalue weighted by atomic mass is 32.2. The van der Waals surface area contributed by atoms with Crippen molar-refractivity contribution in [3.8, 4) is 0 Å². The molecule has 1 aliphatic rings. The number of carbonyl (C=O) groups is 1. The number of hydrogen-bond acceptors (Lipinski definition) is 6. The van der Waals surface area contributed by atoms with Crippen LogP contribution in [0.5, 0.6) is 0 Å². The number of methoxy groups -OCH3 is 1. The van der Waals surface area contributed by atoms with Crippen LogP contribution in [0, 0.1) is 0 Å². The molecule has 0 saturated carbocycles. The molecule has 1 N–H and O–H groups in total. The van der Waals surface area contributed by atoms with Crippen LogP contribution in [0.2, 0.25) is 0 Å². The minimum absolute atomic E-state index is 0.128. The number of ether oxygens (including phenoxy) is 2. The van der Waals surface area contributed by atoms with E-state index in [2.05, 4.69) is 15.7 Å². The van der Waals surface area contributed by atoms with Crippen molar-refractivity contribution >= 4 is 27.1 Å². The van der Waals surface area contributed by atoms with E-state index in [1.165, 1.54) is 6.92 Å². The second kappa shape index (κ2) is 9.10. The summed E-state index contributed by atoms with van der Waals surface area (Å²) in [6, 6.07) is 6.71. The summed E-state index contributed by atoms with van der Waals surface area (Å²) in [4.78, 5) is 17.8. The van der Waals surface area contributed by atoms with Crippen molar-refractivity contribution < 1.29 is 23.3 Å². The maximum absolute atomic E-state index is 12.6. The molecule has 0 aliphatic carbocycles. The maximum Gasteiger partial charge on any atom is 0.182 e. The molecule has 2 rings (SSSR count). The third kappa shape index (κ3) is 5.64. The van der Waals surface area contributed by atoms with E-state index in [-0.39, 0.29) is 17.6 Å². The molecule has 1 unspecified atom stereocenters. The molecular formula is C17H24N2O5S. The Morgan fingerprint density at radius 3 is 2.72 bits per heavy atom. The third-order valence-electron chi connectivity index (χ3n) is 3.66. The molecule has 1 saturated heterocycles. The SMILES string of the molecule is C=S(=O)(NCCOC)c1ccc(/C(=N\O[C@@H]2CCOC2)C(C)=O)cc1. The molecular weight excluding hydrogens is 344 g/mol. The van der Waals surface area contributed by atoms with Gasteiger partial charge in [0, 0.05) is 37.5 Å². The lowest BCUT2D eigenvalue weighted by atomic mass is 10.1. The average molecular weight is 368 g/mol. The number of hydrogen-bond donors (Lipinski definition) is 1. The van der Waals surface area contributed by atoms with E-state index in [0.717, 1.165) is 6.42 Å². The number of oxime groups is 1. The van der Waals surface area contributed by atoms with Crippen molar-refractivity contribution in [2.45, 2.75) is 24.3 Å². The van der Waals surface area contributed by atoms with Crippen molar-refractivity contribution in [1.82, 2.24) is 4.72 Å². The fourth-order valence-electron chi connectivity index (χ4n) is 2.27. The minimum Gasteiger partial charge on any atom is -0.389 e. The van der Waals surface area contributed by atoms with Gasteiger partial charge in [-0.15, -0.1) is 0 Å². The molecule has 0 amide bonds. The summed E-state index contributed by atoms with van der Waals surface area (Å²) >= 11 is 0. The first-order valence-corrected chi connectivity index (χ1v) is 9.70. The van der Waals surface area contributed by atoms with Gasteiger partial charge in [-0.05, 0) is 18.0 Å². The Bertz CT molecular complexity index is 707. The van der Waals surface area contributed by atoms with Gasteiger partial charge in [0.05, 0.1) is 29.5 Å². The zero-order valence-electron chi connectivity index (χ0n) is 14.5. The number of rotatable bonds is 9. The van der Waals surface area contributed by atoms with Crippen molar-refractivity contribution in [2.24, 2.45) is 5.16 Å². The molecule has 1 fully saturated rings. The first kappa shape index (κ1) is 19.6. The minimum atomic E-state index is -2.62. The summed E-state index contributed by atoms with van der Waals surface area (Å²) in [5, 5.41) is 4.00. The Kier molecular flexibility index (Phi) is 7.12. The Morgan fingerprint density at radius 1 is 1.44 bits per heavy atom. The van der Waals surface area contributed by atoms with Crippen LogP contribution in [0.15, 0.2) is 34.3 Å². The average Bonchev–Trinajstić information content (AvgIpc) is 3.09. The van der Waals surface area contributed by atoms with Gasteiger partial charge in [-0.1, -0.05) is 17.3 Å². The van der Waals surface area contributed by atoms with E-state index in [9.17, 15) is 9.00 Å². The van der Waals surface area contributed by atoms with Crippen LogP contribution in [-0.2, 0) is 28.8 Å². The molecule has 138 valence electrons. The number of ketones is 1. The highest BCUT2D eigenvalue weighted by Crippen LogP contribution is 2.14. The van der Waals surface area contributed by atoms with Crippen LogP contribution in [0.4, 0.5) is 0 Å². The first-order chi connectivity index (χ1) is 11.9. The van der Waals surface area contributed by atoms with Crippen molar-refractivity contribution in [3.05, 3.63) is 29.8 Å². The van der Waals surface area contributed by atoms with Crippen LogP contribution in [0.3, 0.4) is 0 Å². The number of nitrogens with one attached hydrogen (secondary N) is 1. The van der Waals surface area contributed by atoms with Crippen molar-refractivity contribution in [2.75, 3.05) is 33.5 Å². The van der Waals surface area contributed by atoms with E-state index < -0.39 is 9.71 Å². The molecule has 0 aromatic heterocycles. The third-order valence-corrected chi connectivity index (χ3v) is 5.37. The van der Waals surface area contributed by atoms with Crippen LogP contribution in [0.1, 0.15) is 18.9 Å². The quantitative estimate of drug-likeness (QED) is 0.304. The molecule has 25 heavy (non-hydrogen) atoms. The van der Waals surface area contributed by atoms with Crippen molar-refractivity contribution in [1.29, 1.82) is 0 Å². The summed E-state index contributed by atoms with van der Waals surface area (Å²) in [6.07, 6.45) is 0.627. The van der Waals surface area contributed by atoms with Gasteiger partial charge in [0.15, 0.2) is 17.6 Å². The van der Waals surface area contributed by atoms with E-state index in [1.807, 2.05) is 0 Å². The first-order valence-electron chi connectivity index (χ1n) is 7.98. The molecule has 1 heterocycles. The highest BCUT2D eigenvalue weighted by molar-refractivity contribution is 7.98. The smallest absolute Gasteiger partial charge is 0.182 e. The summed E-state index contributed by atoms with van der Waals surface area (Å²) in [7, 11) is -1.05. The van der Waals surface area contributed by atoms with E-state index in [0.29, 0.717) is 36.8 Å². The second-order valence-corrected chi connectivity index (χ2v) is 7.78. The highest BCUT2D eigenvalue weighted by Gasteiger charge is 2.18. The van der Waals surface area contributed by atoms with Crippen LogP contribution in [0.25, 0.3) is 0 Å². The summed E-state index contributed by atoms with van der Waals surface area (Å²) in [5.41, 5.74) is 0.823. The van der Waals surface area contributed by atoms with Gasteiger partial charge in [-0.25, -0.2) is 8.93 Å². The molecule has 1 aromatic rings. The van der Waals surface area contributed by atoms with Gasteiger partial charge in [0.25, 0.3) is 0 Å². The molecule has 0 bridgehead atoms. The lowest BCUT2D eigenvalue weighted by molar-refractivity contribution is -0.111. The number of carbonyl (C=O) groups excluding carboxylic acids is 1. The molecule has 8 heteroatoms. The van der Waals surface area contributed by atoms with Crippen LogP contribution in [-0.4, -0.2) is 61.2 Å². The predicted molar refractivity (Wildman–Crippen MR) is 97.4 cm³/mol. The maximum atomic E-state index is 12.6. The van der Waals surface area contributed by atoms with Gasteiger partial charge >= 0.3 is 0 Å². The molecule has 2 atom stereocenters. The van der Waals surface area contributed by atoms with Crippen LogP contribution >= 0.6 is 0 Å². The predicted octanol–water partition coefficient (Wildman–Crippen LogP) is 1.01. The van der Waals surface area contributed by atoms with Gasteiger partial charge in [-0.2, -0.15) is 0 Å². The number of benzene rings is 1. The van der Waals surface area contributed by atoms with Gasteiger partial charge < -0.3 is 14.3 Å². The standard InChI is InChI=1S/C17H24N2O5S/c1-13(20)17(19-24-15-8-10-23-12-15)14-4-6-16(7-5-14)25(3,21)18-9-11-22-2/h4-7,15H,3,8-12H2,1-2H3,(H,18,21)/b19-17-/t15-,25?/m1/s1. The molecule has 7 nitrogen and oxygen atoms in total. The molecule has 0 radical (unpaired) electrons. The van der Waals surface area contributed by atoms with E-state index in [4.69, 9.17) is 14.3 Å². The lowest BCUT2D eigenvalue weighted by Gasteiger charge is -2.12. The normalized spacial score (nSPS) is 20.2.